The first-order valence-corrected chi connectivity index (χ1v) is 6.97. The zero-order valence-electron chi connectivity index (χ0n) is 11.8. The number of rotatable bonds is 4. The molecule has 0 aliphatic carbocycles. The minimum atomic E-state index is -0.123. The smallest absolute Gasteiger partial charge is 0.255 e. The number of hydrogen-bond donors (Lipinski definition) is 2. The summed E-state index contributed by atoms with van der Waals surface area (Å²) in [6.45, 7) is 2.67. The largest absolute Gasteiger partial charge is 0.352 e. The van der Waals surface area contributed by atoms with Gasteiger partial charge in [0.2, 0.25) is 0 Å². The second-order valence-electron chi connectivity index (χ2n) is 4.78. The number of hydrogen-bond acceptors (Lipinski definition) is 3. The van der Waals surface area contributed by atoms with E-state index in [4.69, 9.17) is 0 Å². The van der Waals surface area contributed by atoms with Crippen LogP contribution in [0.2, 0.25) is 0 Å². The Morgan fingerprint density at radius 1 is 1.29 bits per heavy atom. The fraction of sp³-hybridized carbons (Fsp3) is 0.188. The van der Waals surface area contributed by atoms with Crippen LogP contribution >= 0.6 is 0 Å². The fourth-order valence-corrected chi connectivity index (χ4v) is 2.15. The normalized spacial score (nSPS) is 10.7. The van der Waals surface area contributed by atoms with Crippen LogP contribution in [-0.2, 0) is 0 Å². The predicted octanol–water partition coefficient (Wildman–Crippen LogP) is 2.76. The third-order valence-corrected chi connectivity index (χ3v) is 3.23. The molecule has 21 heavy (non-hydrogen) atoms. The molecule has 0 radical (unpaired) electrons. The molecule has 5 nitrogen and oxygen atoms in total. The van der Waals surface area contributed by atoms with Gasteiger partial charge < -0.3 is 10.3 Å². The molecule has 2 N–H and O–H groups in total. The van der Waals surface area contributed by atoms with E-state index in [0.29, 0.717) is 23.3 Å². The predicted molar refractivity (Wildman–Crippen MR) is 81.9 cm³/mol. The number of fused-ring (bicyclic) bond motifs is 1. The van der Waals surface area contributed by atoms with Gasteiger partial charge in [-0.05, 0) is 6.42 Å². The van der Waals surface area contributed by atoms with Crippen molar-refractivity contribution in [1.82, 2.24) is 20.3 Å². The van der Waals surface area contributed by atoms with Crippen LogP contribution in [0.4, 0.5) is 0 Å². The maximum atomic E-state index is 12.1. The lowest BCUT2D eigenvalue weighted by Gasteiger charge is -2.03. The monoisotopic (exact) mass is 280 g/mol. The second-order valence-corrected chi connectivity index (χ2v) is 4.78. The third-order valence-electron chi connectivity index (χ3n) is 3.23. The van der Waals surface area contributed by atoms with Crippen molar-refractivity contribution in [2.24, 2.45) is 0 Å². The van der Waals surface area contributed by atoms with Gasteiger partial charge in [-0.3, -0.25) is 4.79 Å². The number of carbonyl (C=O) groups is 1. The molecule has 0 aliphatic rings. The Bertz CT molecular complexity index is 764. The van der Waals surface area contributed by atoms with Gasteiger partial charge in [0.05, 0.1) is 17.5 Å². The molecule has 0 saturated carbocycles. The summed E-state index contributed by atoms with van der Waals surface area (Å²) < 4.78 is 0. The first-order valence-electron chi connectivity index (χ1n) is 6.97. The summed E-state index contributed by atoms with van der Waals surface area (Å²) in [5.41, 5.74) is 3.49. The van der Waals surface area contributed by atoms with E-state index in [-0.39, 0.29) is 5.91 Å². The van der Waals surface area contributed by atoms with Crippen molar-refractivity contribution in [3.8, 4) is 11.3 Å². The lowest BCUT2D eigenvalue weighted by atomic mass is 10.1. The minimum absolute atomic E-state index is 0.123. The van der Waals surface area contributed by atoms with Crippen LogP contribution in [0.1, 0.15) is 23.7 Å². The average Bonchev–Trinajstić information content (AvgIpc) is 2.96. The first kappa shape index (κ1) is 13.3. The van der Waals surface area contributed by atoms with E-state index in [0.717, 1.165) is 17.7 Å². The molecule has 1 aromatic carbocycles. The molecule has 0 fully saturated rings. The van der Waals surface area contributed by atoms with Crippen LogP contribution in [0, 0.1) is 0 Å². The Labute approximate surface area is 122 Å². The highest BCUT2D eigenvalue weighted by Crippen LogP contribution is 2.20. The lowest BCUT2D eigenvalue weighted by Crippen LogP contribution is -2.23. The van der Waals surface area contributed by atoms with Gasteiger partial charge in [-0.15, -0.1) is 0 Å². The molecule has 0 aliphatic heterocycles. The van der Waals surface area contributed by atoms with Crippen LogP contribution in [0.15, 0.2) is 42.7 Å². The molecule has 0 saturated heterocycles. The number of nitrogens with one attached hydrogen (secondary N) is 2. The summed E-state index contributed by atoms with van der Waals surface area (Å²) in [4.78, 5) is 24.0. The van der Waals surface area contributed by atoms with Gasteiger partial charge in [0.25, 0.3) is 5.91 Å². The molecule has 3 rings (SSSR count). The molecule has 3 aromatic rings. The molecule has 0 unspecified atom stereocenters. The number of aromatic nitrogens is 3. The van der Waals surface area contributed by atoms with Crippen LogP contribution in [0.3, 0.4) is 0 Å². The van der Waals surface area contributed by atoms with Crippen LogP contribution < -0.4 is 5.32 Å². The highest BCUT2D eigenvalue weighted by atomic mass is 16.1. The standard InChI is InChI=1S/C16H16N4O/c1-2-8-17-16(21)12-9-18-15-14(12)20-13(10-19-15)11-6-4-3-5-7-11/h3-7,9-10H,2,8H2,1H3,(H,17,21)(H,18,19). The first-order chi connectivity index (χ1) is 10.3. The summed E-state index contributed by atoms with van der Waals surface area (Å²) >= 11 is 0. The van der Waals surface area contributed by atoms with Crippen molar-refractivity contribution in [1.29, 1.82) is 0 Å². The van der Waals surface area contributed by atoms with Gasteiger partial charge in [-0.2, -0.15) is 0 Å². The topological polar surface area (TPSA) is 70.7 Å². The van der Waals surface area contributed by atoms with E-state index < -0.39 is 0 Å². The Balaban J connectivity index is 2.02. The Morgan fingerprint density at radius 2 is 2.10 bits per heavy atom. The van der Waals surface area contributed by atoms with Gasteiger partial charge >= 0.3 is 0 Å². The second kappa shape index (κ2) is 5.75. The number of nitrogens with zero attached hydrogens (tertiary/aromatic N) is 2. The highest BCUT2D eigenvalue weighted by molar-refractivity contribution is 6.04. The number of aromatic amines is 1. The Hall–Kier alpha value is -2.69. The number of benzene rings is 1. The summed E-state index contributed by atoms with van der Waals surface area (Å²) in [5, 5.41) is 2.86. The van der Waals surface area contributed by atoms with E-state index >= 15 is 0 Å². The molecule has 5 heteroatoms. The van der Waals surface area contributed by atoms with Crippen molar-refractivity contribution < 1.29 is 4.79 Å². The minimum Gasteiger partial charge on any atom is -0.352 e. The molecular formula is C16H16N4O. The summed E-state index contributed by atoms with van der Waals surface area (Å²) in [6, 6.07) is 9.80. The molecular weight excluding hydrogens is 264 g/mol. The van der Waals surface area contributed by atoms with Crippen molar-refractivity contribution in [2.75, 3.05) is 6.54 Å². The maximum absolute atomic E-state index is 12.1. The van der Waals surface area contributed by atoms with Gasteiger partial charge in [-0.25, -0.2) is 9.97 Å². The molecule has 2 aromatic heterocycles. The summed E-state index contributed by atoms with van der Waals surface area (Å²) in [7, 11) is 0. The van der Waals surface area contributed by atoms with E-state index in [1.165, 1.54) is 0 Å². The number of amides is 1. The van der Waals surface area contributed by atoms with Crippen LogP contribution in [0.25, 0.3) is 22.4 Å². The highest BCUT2D eigenvalue weighted by Gasteiger charge is 2.14. The Kier molecular flexibility index (Phi) is 3.64. The molecule has 0 atom stereocenters. The van der Waals surface area contributed by atoms with Crippen LogP contribution in [-0.4, -0.2) is 27.4 Å². The molecule has 0 bridgehead atoms. The van der Waals surface area contributed by atoms with E-state index in [2.05, 4.69) is 20.3 Å². The molecule has 2 heterocycles. The van der Waals surface area contributed by atoms with Crippen molar-refractivity contribution in [2.45, 2.75) is 13.3 Å². The van der Waals surface area contributed by atoms with E-state index in [9.17, 15) is 4.79 Å². The van der Waals surface area contributed by atoms with E-state index in [1.807, 2.05) is 37.3 Å². The van der Waals surface area contributed by atoms with Crippen molar-refractivity contribution in [3.05, 3.63) is 48.3 Å². The Morgan fingerprint density at radius 3 is 2.86 bits per heavy atom. The number of carbonyl (C=O) groups excluding carboxylic acids is 1. The van der Waals surface area contributed by atoms with Crippen molar-refractivity contribution in [3.63, 3.8) is 0 Å². The third kappa shape index (κ3) is 2.63. The SMILES string of the molecule is CCCNC(=O)c1c[nH]c2ncc(-c3ccccc3)nc12. The van der Waals surface area contributed by atoms with Gasteiger partial charge in [0.1, 0.15) is 5.52 Å². The van der Waals surface area contributed by atoms with Gasteiger partial charge in [0.15, 0.2) is 5.65 Å². The van der Waals surface area contributed by atoms with Gasteiger partial charge in [0, 0.05) is 18.3 Å². The van der Waals surface area contributed by atoms with Crippen molar-refractivity contribution >= 4 is 17.1 Å². The quantitative estimate of drug-likeness (QED) is 0.772. The van der Waals surface area contributed by atoms with E-state index in [1.54, 1.807) is 12.4 Å². The molecule has 1 amide bonds. The average molecular weight is 280 g/mol. The number of H-pyrrole nitrogens is 1. The zero-order chi connectivity index (χ0) is 14.7. The molecule has 0 spiro atoms. The zero-order valence-corrected chi connectivity index (χ0v) is 11.8. The van der Waals surface area contributed by atoms with Gasteiger partial charge in [-0.1, -0.05) is 37.3 Å². The summed E-state index contributed by atoms with van der Waals surface area (Å²) in [6.07, 6.45) is 4.27. The maximum Gasteiger partial charge on any atom is 0.255 e. The fourth-order valence-electron chi connectivity index (χ4n) is 2.15. The van der Waals surface area contributed by atoms with Crippen LogP contribution in [0.5, 0.6) is 0 Å². The molecule has 106 valence electrons. The summed E-state index contributed by atoms with van der Waals surface area (Å²) in [5.74, 6) is -0.123. The lowest BCUT2D eigenvalue weighted by molar-refractivity contribution is 0.0955.